The minimum atomic E-state index is -1.17. The number of rotatable bonds is 4. The van der Waals surface area contributed by atoms with Crippen LogP contribution < -0.4 is 10.6 Å². The summed E-state index contributed by atoms with van der Waals surface area (Å²) in [6.45, 7) is 0. The molecule has 1 aliphatic rings. The van der Waals surface area contributed by atoms with Gasteiger partial charge < -0.3 is 15.6 Å². The first kappa shape index (κ1) is 20.2. The Hall–Kier alpha value is -4.06. The van der Waals surface area contributed by atoms with E-state index in [0.29, 0.717) is 18.3 Å². The van der Waals surface area contributed by atoms with Crippen LogP contribution in [0.4, 0.5) is 14.5 Å². The molecule has 7 nitrogen and oxygen atoms in total. The van der Waals surface area contributed by atoms with Gasteiger partial charge in [-0.25, -0.2) is 8.78 Å². The highest BCUT2D eigenvalue weighted by molar-refractivity contribution is 6.01. The maximum atomic E-state index is 14.1. The molecule has 4 rings (SSSR count). The first-order valence-corrected chi connectivity index (χ1v) is 9.46. The lowest BCUT2D eigenvalue weighted by Gasteiger charge is -2.19. The Bertz CT molecular complexity index is 1190. The Morgan fingerprint density at radius 1 is 1.23 bits per heavy atom. The van der Waals surface area contributed by atoms with Crippen molar-refractivity contribution in [1.29, 1.82) is 0 Å². The van der Waals surface area contributed by atoms with Crippen LogP contribution in [0, 0.1) is 29.9 Å². The Kier molecular flexibility index (Phi) is 5.45. The Balaban J connectivity index is 1.52. The highest BCUT2D eigenvalue weighted by Crippen LogP contribution is 2.29. The molecule has 156 valence electrons. The number of nitrogens with one attached hydrogen (secondary N) is 3. The molecule has 3 N–H and O–H groups in total. The molecule has 1 aromatic heterocycles. The number of terminal acetylenes is 1. The molecule has 0 unspecified atom stereocenters. The average molecular weight is 421 g/mol. The van der Waals surface area contributed by atoms with Crippen LogP contribution in [0.1, 0.15) is 27.6 Å². The van der Waals surface area contributed by atoms with E-state index >= 15 is 0 Å². The largest absolute Gasteiger partial charge is 0.336 e. The fourth-order valence-electron chi connectivity index (χ4n) is 3.47. The number of H-pyrrole nitrogens is 1. The van der Waals surface area contributed by atoms with Gasteiger partial charge in [-0.2, -0.15) is 0 Å². The van der Waals surface area contributed by atoms with Crippen LogP contribution in [0.2, 0.25) is 0 Å². The number of carbonyl (C=O) groups excluding carboxylic acids is 2. The Morgan fingerprint density at radius 2 is 2.00 bits per heavy atom. The van der Waals surface area contributed by atoms with Gasteiger partial charge in [-0.1, -0.05) is 30.3 Å². The van der Waals surface area contributed by atoms with Gasteiger partial charge in [0.05, 0.1) is 11.6 Å². The smallest absolute Gasteiger partial charge is 0.289 e. The Labute approximate surface area is 176 Å². The van der Waals surface area contributed by atoms with E-state index in [1.165, 1.54) is 0 Å². The van der Waals surface area contributed by atoms with Crippen molar-refractivity contribution in [2.45, 2.75) is 18.9 Å². The monoisotopic (exact) mass is 421 g/mol. The molecule has 0 saturated heterocycles. The second-order valence-electron chi connectivity index (χ2n) is 7.12. The zero-order chi connectivity index (χ0) is 22.0. The van der Waals surface area contributed by atoms with Crippen molar-refractivity contribution in [2.75, 3.05) is 5.32 Å². The molecule has 0 fully saturated rings. The SMILES string of the molecule is C#C[C@@H]1Cc2cc(F)cc(F)c2NC(=O)[C@@H]1NC(=O)c1nnc(Cc2ccccc2)[nH]1. The lowest BCUT2D eigenvalue weighted by atomic mass is 9.93. The van der Waals surface area contributed by atoms with Gasteiger partial charge in [0.25, 0.3) is 5.91 Å². The maximum absolute atomic E-state index is 14.1. The van der Waals surface area contributed by atoms with Crippen LogP contribution in [0.3, 0.4) is 0 Å². The van der Waals surface area contributed by atoms with E-state index in [1.807, 2.05) is 30.3 Å². The molecule has 0 saturated carbocycles. The van der Waals surface area contributed by atoms with Crippen molar-refractivity contribution in [3.63, 3.8) is 0 Å². The van der Waals surface area contributed by atoms with Crippen molar-refractivity contribution < 1.29 is 18.4 Å². The molecule has 31 heavy (non-hydrogen) atoms. The summed E-state index contributed by atoms with van der Waals surface area (Å²) in [5.41, 5.74) is 1.05. The number of hydrogen-bond donors (Lipinski definition) is 3. The van der Waals surface area contributed by atoms with Crippen LogP contribution in [0.15, 0.2) is 42.5 Å². The third-order valence-corrected chi connectivity index (χ3v) is 4.97. The topological polar surface area (TPSA) is 99.8 Å². The first-order chi connectivity index (χ1) is 14.9. The summed E-state index contributed by atoms with van der Waals surface area (Å²) in [4.78, 5) is 28.2. The summed E-state index contributed by atoms with van der Waals surface area (Å²) in [6, 6.07) is 10.1. The summed E-state index contributed by atoms with van der Waals surface area (Å²) < 4.78 is 27.7. The lowest BCUT2D eigenvalue weighted by Crippen LogP contribution is -2.48. The van der Waals surface area contributed by atoms with Gasteiger partial charge in [0.1, 0.15) is 23.5 Å². The minimum absolute atomic E-state index is 0.000137. The quantitative estimate of drug-likeness (QED) is 0.563. The predicted molar refractivity (Wildman–Crippen MR) is 108 cm³/mol. The van der Waals surface area contributed by atoms with Gasteiger partial charge in [0.15, 0.2) is 0 Å². The molecule has 2 aromatic carbocycles. The molecule has 0 aliphatic carbocycles. The maximum Gasteiger partial charge on any atom is 0.289 e. The third kappa shape index (κ3) is 4.28. The minimum Gasteiger partial charge on any atom is -0.336 e. The number of hydrogen-bond acceptors (Lipinski definition) is 4. The number of aromatic amines is 1. The van der Waals surface area contributed by atoms with Crippen molar-refractivity contribution in [1.82, 2.24) is 20.5 Å². The Morgan fingerprint density at radius 3 is 2.74 bits per heavy atom. The van der Waals surface area contributed by atoms with E-state index in [9.17, 15) is 18.4 Å². The molecular weight excluding hydrogens is 404 g/mol. The summed E-state index contributed by atoms with van der Waals surface area (Å²) in [7, 11) is 0. The highest BCUT2D eigenvalue weighted by atomic mass is 19.1. The normalized spacial score (nSPS) is 17.8. The summed E-state index contributed by atoms with van der Waals surface area (Å²) in [5.74, 6) is -1.09. The number of anilines is 1. The van der Waals surface area contributed by atoms with Crippen LogP contribution in [0.5, 0.6) is 0 Å². The van der Waals surface area contributed by atoms with Crippen molar-refractivity contribution in [3.05, 3.63) is 76.9 Å². The zero-order valence-corrected chi connectivity index (χ0v) is 16.2. The van der Waals surface area contributed by atoms with Crippen molar-refractivity contribution in [3.8, 4) is 12.3 Å². The van der Waals surface area contributed by atoms with Gasteiger partial charge in [0, 0.05) is 12.5 Å². The number of aromatic nitrogens is 3. The summed E-state index contributed by atoms with van der Waals surface area (Å²) in [5, 5.41) is 12.7. The number of benzene rings is 2. The van der Waals surface area contributed by atoms with E-state index in [4.69, 9.17) is 6.42 Å². The third-order valence-electron chi connectivity index (χ3n) is 4.97. The summed E-state index contributed by atoms with van der Waals surface area (Å²) in [6.07, 6.45) is 6.00. The molecule has 0 spiro atoms. The summed E-state index contributed by atoms with van der Waals surface area (Å²) >= 11 is 0. The molecular formula is C22H17F2N5O2. The molecule has 0 radical (unpaired) electrons. The molecule has 1 aliphatic heterocycles. The number of carbonyl (C=O) groups is 2. The highest BCUT2D eigenvalue weighted by Gasteiger charge is 2.35. The predicted octanol–water partition coefficient (Wildman–Crippen LogP) is 2.22. The number of nitrogens with zero attached hydrogens (tertiary/aromatic N) is 2. The number of fused-ring (bicyclic) bond motifs is 1. The van der Waals surface area contributed by atoms with Crippen molar-refractivity contribution >= 4 is 17.5 Å². The standard InChI is InChI=1S/C22H17F2N5O2/c1-2-13-9-14-10-15(23)11-16(24)18(14)26-21(30)19(13)27-22(31)20-25-17(28-29-20)8-12-6-4-3-5-7-12/h1,3-7,10-11,13,19H,8-9H2,(H,26,30)(H,27,31)(H,25,28,29)/t13-,19-/m1/s1. The molecule has 0 bridgehead atoms. The van der Waals surface area contributed by atoms with E-state index in [-0.39, 0.29) is 23.5 Å². The van der Waals surface area contributed by atoms with Gasteiger partial charge >= 0.3 is 0 Å². The van der Waals surface area contributed by atoms with Gasteiger partial charge in [-0.3, -0.25) is 9.59 Å². The molecule has 2 atom stereocenters. The second-order valence-corrected chi connectivity index (χ2v) is 7.12. The van der Waals surface area contributed by atoms with Gasteiger partial charge in [-0.15, -0.1) is 22.5 Å². The zero-order valence-electron chi connectivity index (χ0n) is 16.2. The fourth-order valence-corrected chi connectivity index (χ4v) is 3.47. The molecule has 2 amide bonds. The van der Waals surface area contributed by atoms with E-state index in [2.05, 4.69) is 31.7 Å². The van der Waals surface area contributed by atoms with Crippen LogP contribution in [0.25, 0.3) is 0 Å². The first-order valence-electron chi connectivity index (χ1n) is 9.46. The number of amides is 2. The molecule has 2 heterocycles. The number of halogens is 2. The lowest BCUT2D eigenvalue weighted by molar-refractivity contribution is -0.118. The van der Waals surface area contributed by atoms with E-state index in [0.717, 1.165) is 11.6 Å². The van der Waals surface area contributed by atoms with Crippen LogP contribution >= 0.6 is 0 Å². The van der Waals surface area contributed by atoms with Crippen LogP contribution in [-0.2, 0) is 17.6 Å². The molecule has 9 heteroatoms. The second kappa shape index (κ2) is 8.36. The van der Waals surface area contributed by atoms with Crippen molar-refractivity contribution in [2.24, 2.45) is 5.92 Å². The van der Waals surface area contributed by atoms with E-state index in [1.54, 1.807) is 0 Å². The van der Waals surface area contributed by atoms with Crippen LogP contribution in [-0.4, -0.2) is 33.0 Å². The van der Waals surface area contributed by atoms with E-state index < -0.39 is 35.4 Å². The molecule has 3 aromatic rings. The van der Waals surface area contributed by atoms with Gasteiger partial charge in [-0.05, 0) is 23.6 Å². The fraction of sp³-hybridized carbons (Fsp3) is 0.182. The average Bonchev–Trinajstić information content (AvgIpc) is 3.16. The van der Waals surface area contributed by atoms with Gasteiger partial charge in [0.2, 0.25) is 11.7 Å².